The van der Waals surface area contributed by atoms with Crippen molar-refractivity contribution in [2.45, 2.75) is 41.9 Å². The number of carbonyl (C=O) groups excluding carboxylic acids is 3. The third-order valence-electron chi connectivity index (χ3n) is 8.96. The molecule has 5 rings (SSSR count). The van der Waals surface area contributed by atoms with E-state index in [2.05, 4.69) is 5.32 Å². The lowest BCUT2D eigenvalue weighted by atomic mass is 9.90. The van der Waals surface area contributed by atoms with Crippen molar-refractivity contribution in [2.75, 3.05) is 37.7 Å². The van der Waals surface area contributed by atoms with E-state index < -0.39 is 98.4 Å². The maximum atomic E-state index is 14.6. The molecule has 304 valence electrons. The number of sulfonamides is 1. The van der Waals surface area contributed by atoms with Crippen LogP contribution in [0.2, 0.25) is 0 Å². The summed E-state index contributed by atoms with van der Waals surface area (Å²) < 4.78 is 104. The number of nitrogens with one attached hydrogen (secondary N) is 2. The molecule has 57 heavy (non-hydrogen) atoms. The number of nitrogen functional groups attached to an aromatic ring is 1. The van der Waals surface area contributed by atoms with Crippen molar-refractivity contribution in [3.63, 3.8) is 0 Å². The maximum Gasteiger partial charge on any atom is 0.336 e. The highest BCUT2D eigenvalue weighted by Crippen LogP contribution is 2.46. The minimum Gasteiger partial charge on any atom is -0.478 e. The molecule has 0 atom stereocenters. The topological polar surface area (TPSA) is 313 Å². The van der Waals surface area contributed by atoms with Crippen LogP contribution in [0.3, 0.4) is 0 Å². The molecule has 2 aromatic rings. The maximum absolute atomic E-state index is 14.6. The summed E-state index contributed by atoms with van der Waals surface area (Å²) in [6, 6.07) is 10.4. The van der Waals surface area contributed by atoms with E-state index in [0.717, 1.165) is 27.4 Å². The Balaban J connectivity index is 1.53. The molecular weight excluding hydrogens is 811 g/mol. The molecule has 19 nitrogen and oxygen atoms in total. The van der Waals surface area contributed by atoms with E-state index >= 15 is 0 Å². The van der Waals surface area contributed by atoms with Gasteiger partial charge in [0.15, 0.2) is 16.2 Å². The summed E-state index contributed by atoms with van der Waals surface area (Å²) in [7, 11) is -14.6. The molecule has 2 aliphatic heterocycles. The highest BCUT2D eigenvalue weighted by molar-refractivity contribution is 7.89. The number of hydrogen-bond donors (Lipinski definition) is 6. The van der Waals surface area contributed by atoms with Crippen LogP contribution in [0.4, 0.5) is 5.69 Å². The summed E-state index contributed by atoms with van der Waals surface area (Å²) >= 11 is 0. The minimum atomic E-state index is -5.22. The molecule has 0 saturated heterocycles. The number of nitrogens with zero attached hydrogens (tertiary/aromatic N) is 2. The number of nitrogens with two attached hydrogens (primary N) is 1. The minimum absolute atomic E-state index is 0.00650. The second-order valence-electron chi connectivity index (χ2n) is 12.8. The van der Waals surface area contributed by atoms with E-state index in [1.54, 1.807) is 0 Å². The highest BCUT2D eigenvalue weighted by atomic mass is 32.2. The number of carboxylic acid groups (broad SMARTS) is 1. The number of unbranched alkanes of at least 4 members (excludes halogenated alkanes) is 2. The first-order valence-corrected chi connectivity index (χ1v) is 21.6. The second kappa shape index (κ2) is 16.9. The van der Waals surface area contributed by atoms with Crippen molar-refractivity contribution >= 4 is 70.6 Å². The van der Waals surface area contributed by atoms with Crippen LogP contribution in [0.25, 0.3) is 33.4 Å². The van der Waals surface area contributed by atoms with Gasteiger partial charge in [0, 0.05) is 61.3 Å². The van der Waals surface area contributed by atoms with Crippen molar-refractivity contribution in [3.05, 3.63) is 71.6 Å². The Labute approximate surface area is 326 Å². The van der Waals surface area contributed by atoms with Gasteiger partial charge in [0.25, 0.3) is 32.1 Å². The van der Waals surface area contributed by atoms with E-state index in [1.807, 2.05) is 0 Å². The number of anilines is 1. The van der Waals surface area contributed by atoms with E-state index in [4.69, 9.17) is 15.6 Å². The Bertz CT molecular complexity index is 2660. The van der Waals surface area contributed by atoms with Crippen molar-refractivity contribution in [1.29, 1.82) is 5.41 Å². The average molecular weight is 848 g/mol. The van der Waals surface area contributed by atoms with Crippen molar-refractivity contribution in [3.8, 4) is 22.5 Å². The number of aromatic carboxylic acids is 1. The van der Waals surface area contributed by atoms with Gasteiger partial charge in [-0.1, -0.05) is 24.6 Å². The Morgan fingerprint density at radius 2 is 1.51 bits per heavy atom. The van der Waals surface area contributed by atoms with E-state index in [0.29, 0.717) is 0 Å². The molecule has 3 aliphatic rings. The normalized spacial score (nSPS) is 13.6. The zero-order valence-corrected chi connectivity index (χ0v) is 32.3. The fourth-order valence-electron chi connectivity index (χ4n) is 6.39. The summed E-state index contributed by atoms with van der Waals surface area (Å²) in [4.78, 5) is 47.3. The fourth-order valence-corrected chi connectivity index (χ4v) is 9.36. The standard InChI is InChI=1S/C35H37N5O14S3/c36-25-12-10-23-30(21-7-3-4-8-22(21)35(44)45)24-11-13-26(37)34(57(51,52)53)32(24)54-31(23)33(25)56(49,50)39(18-6-20-55(46,47)48)17-5-1-2-9-27(41)38-16-19-40-28(42)14-15-29(40)43/h3-4,7-8,10-15,37H,1-2,5-6,9,16-20,36H2,(H,38,41)(H,44,45)(H,46,47,48)(H,51,52,53). The number of rotatable bonds is 18. The number of fused-ring (bicyclic) bond motifs is 2. The van der Waals surface area contributed by atoms with Gasteiger partial charge in [0.05, 0.1) is 22.4 Å². The van der Waals surface area contributed by atoms with Gasteiger partial charge in [-0.05, 0) is 55.2 Å². The lowest BCUT2D eigenvalue weighted by Gasteiger charge is -2.25. The summed E-state index contributed by atoms with van der Waals surface area (Å²) in [5, 5.41) is 20.1. The van der Waals surface area contributed by atoms with Gasteiger partial charge in [0.1, 0.15) is 4.90 Å². The van der Waals surface area contributed by atoms with Gasteiger partial charge in [-0.15, -0.1) is 0 Å². The van der Waals surface area contributed by atoms with Gasteiger partial charge < -0.3 is 20.6 Å². The predicted octanol–water partition coefficient (Wildman–Crippen LogP) is 2.08. The lowest BCUT2D eigenvalue weighted by molar-refractivity contribution is -0.137. The zero-order valence-electron chi connectivity index (χ0n) is 29.9. The van der Waals surface area contributed by atoms with Crippen LogP contribution in [-0.4, -0.2) is 104 Å². The molecule has 0 radical (unpaired) electrons. The molecule has 2 heterocycles. The molecule has 0 fully saturated rings. The molecule has 2 aromatic carbocycles. The largest absolute Gasteiger partial charge is 0.478 e. The number of hydrogen-bond acceptors (Lipinski definition) is 13. The van der Waals surface area contributed by atoms with Crippen LogP contribution in [0.15, 0.2) is 74.9 Å². The second-order valence-corrected chi connectivity index (χ2v) is 17.7. The van der Waals surface area contributed by atoms with E-state index in [-0.39, 0.29) is 79.4 Å². The molecule has 7 N–H and O–H groups in total. The Morgan fingerprint density at radius 1 is 0.842 bits per heavy atom. The van der Waals surface area contributed by atoms with Gasteiger partial charge >= 0.3 is 5.97 Å². The van der Waals surface area contributed by atoms with Crippen LogP contribution in [0, 0.1) is 5.41 Å². The van der Waals surface area contributed by atoms with Crippen molar-refractivity contribution in [1.82, 2.24) is 14.5 Å². The Kier molecular flexibility index (Phi) is 12.6. The van der Waals surface area contributed by atoms with Crippen molar-refractivity contribution in [2.24, 2.45) is 0 Å². The Hall–Kier alpha value is -5.52. The number of benzene rings is 3. The zero-order chi connectivity index (χ0) is 41.9. The first kappa shape index (κ1) is 42.6. The third-order valence-corrected chi connectivity index (χ3v) is 12.7. The molecule has 0 unspecified atom stereocenters. The van der Waals surface area contributed by atoms with Crippen LogP contribution in [0.1, 0.15) is 42.5 Å². The molecule has 0 aromatic heterocycles. The van der Waals surface area contributed by atoms with Gasteiger partial charge in [-0.25, -0.2) is 13.2 Å². The van der Waals surface area contributed by atoms with Crippen LogP contribution < -0.4 is 16.4 Å². The number of imide groups is 1. The summed E-state index contributed by atoms with van der Waals surface area (Å²) in [5.41, 5.74) is 4.89. The van der Waals surface area contributed by atoms with Crippen LogP contribution in [-0.2, 0) is 44.6 Å². The summed E-state index contributed by atoms with van der Waals surface area (Å²) in [5.74, 6) is -4.26. The number of amides is 3. The highest BCUT2D eigenvalue weighted by Gasteiger charge is 2.34. The van der Waals surface area contributed by atoms with E-state index in [9.17, 15) is 58.6 Å². The fraction of sp³-hybridized carbons (Fsp3) is 0.286. The molecule has 3 amide bonds. The molecule has 0 saturated carbocycles. The van der Waals surface area contributed by atoms with Crippen LogP contribution >= 0.6 is 0 Å². The quantitative estimate of drug-likeness (QED) is 0.0275. The summed E-state index contributed by atoms with van der Waals surface area (Å²) in [6.07, 6.45) is 2.54. The molecule has 1 aliphatic carbocycles. The number of carboxylic acids is 1. The Morgan fingerprint density at radius 3 is 2.16 bits per heavy atom. The van der Waals surface area contributed by atoms with Crippen molar-refractivity contribution < 1.29 is 63.1 Å². The average Bonchev–Trinajstić information content (AvgIpc) is 3.44. The SMILES string of the molecule is N=c1ccc2c(-c3ccccc3C(=O)O)c3ccc(N)c(S(=O)(=O)N(CCCCCC(=O)NCCN4C(=O)C=CC4=O)CCCS(=O)(=O)O)c3oc-2c1S(=O)(=O)O. The predicted molar refractivity (Wildman–Crippen MR) is 202 cm³/mol. The molecule has 0 bridgehead atoms. The number of carbonyl (C=O) groups is 4. The van der Waals surface area contributed by atoms with Gasteiger partial charge in [-0.3, -0.25) is 33.8 Å². The first-order chi connectivity index (χ1) is 26.7. The monoisotopic (exact) mass is 847 g/mol. The third kappa shape index (κ3) is 9.55. The lowest BCUT2D eigenvalue weighted by Crippen LogP contribution is -2.38. The smallest absolute Gasteiger partial charge is 0.336 e. The molecule has 22 heteroatoms. The first-order valence-electron chi connectivity index (χ1n) is 17.1. The van der Waals surface area contributed by atoms with E-state index in [1.165, 1.54) is 42.5 Å². The van der Waals surface area contributed by atoms with Gasteiger partial charge in [0.2, 0.25) is 15.9 Å². The molecule has 0 spiro atoms. The molecular formula is C35H37N5O14S3. The van der Waals surface area contributed by atoms with Crippen LogP contribution in [0.5, 0.6) is 0 Å². The van der Waals surface area contributed by atoms with Gasteiger partial charge in [-0.2, -0.15) is 21.1 Å². The summed E-state index contributed by atoms with van der Waals surface area (Å²) in [6.45, 7) is -0.756.